The maximum absolute atomic E-state index is 11.6. The van der Waals surface area contributed by atoms with E-state index in [1.165, 1.54) is 18.9 Å². The molecule has 5 heteroatoms. The lowest BCUT2D eigenvalue weighted by Gasteiger charge is -2.28. The summed E-state index contributed by atoms with van der Waals surface area (Å²) in [6, 6.07) is -1.03. The molecule has 1 unspecified atom stereocenters. The molecule has 0 aliphatic carbocycles. The zero-order valence-electron chi connectivity index (χ0n) is 9.15. The number of likely N-dealkylation sites (N-methyl/N-ethyl adjacent to an activating group) is 1. The number of carboxylic acid groups (broad SMARTS) is 1. The Balaban J connectivity index is 4.44. The van der Waals surface area contributed by atoms with Crippen LogP contribution in [0.15, 0.2) is 0 Å². The SMILES string of the molecule is CCN(CC)C(=O)N(C)C(C)C(=O)O. The molecular weight excluding hydrogens is 184 g/mol. The van der Waals surface area contributed by atoms with Gasteiger partial charge in [0.15, 0.2) is 0 Å². The Hall–Kier alpha value is -1.26. The fourth-order valence-corrected chi connectivity index (χ4v) is 1.05. The third kappa shape index (κ3) is 2.90. The molecule has 1 N–H and O–H groups in total. The highest BCUT2D eigenvalue weighted by molar-refractivity contribution is 5.82. The van der Waals surface area contributed by atoms with Gasteiger partial charge in [-0.2, -0.15) is 0 Å². The van der Waals surface area contributed by atoms with Crippen LogP contribution in [0, 0.1) is 0 Å². The van der Waals surface area contributed by atoms with Crippen molar-refractivity contribution in [1.82, 2.24) is 9.80 Å². The lowest BCUT2D eigenvalue weighted by atomic mass is 10.3. The molecule has 0 radical (unpaired) electrons. The highest BCUT2D eigenvalue weighted by Gasteiger charge is 2.24. The monoisotopic (exact) mass is 202 g/mol. The van der Waals surface area contributed by atoms with E-state index in [1.807, 2.05) is 13.8 Å². The van der Waals surface area contributed by atoms with Crippen molar-refractivity contribution < 1.29 is 14.7 Å². The first-order valence-electron chi connectivity index (χ1n) is 4.70. The number of rotatable bonds is 4. The van der Waals surface area contributed by atoms with Crippen LogP contribution in [-0.2, 0) is 4.79 Å². The molecule has 0 heterocycles. The van der Waals surface area contributed by atoms with Crippen molar-refractivity contribution in [2.75, 3.05) is 20.1 Å². The van der Waals surface area contributed by atoms with Gasteiger partial charge in [-0.25, -0.2) is 9.59 Å². The summed E-state index contributed by atoms with van der Waals surface area (Å²) in [5, 5.41) is 8.72. The van der Waals surface area contributed by atoms with Gasteiger partial charge in [-0.3, -0.25) is 0 Å². The maximum atomic E-state index is 11.6. The Labute approximate surface area is 84.3 Å². The highest BCUT2D eigenvalue weighted by atomic mass is 16.4. The molecule has 5 nitrogen and oxygen atoms in total. The second-order valence-corrected chi connectivity index (χ2v) is 3.08. The van der Waals surface area contributed by atoms with Gasteiger partial charge in [-0.15, -0.1) is 0 Å². The Morgan fingerprint density at radius 3 is 2.00 bits per heavy atom. The summed E-state index contributed by atoms with van der Waals surface area (Å²) in [5.41, 5.74) is 0. The first-order chi connectivity index (χ1) is 6.45. The lowest BCUT2D eigenvalue weighted by Crippen LogP contribution is -2.47. The molecule has 0 aromatic carbocycles. The van der Waals surface area contributed by atoms with Crippen molar-refractivity contribution in [3.05, 3.63) is 0 Å². The topological polar surface area (TPSA) is 60.9 Å². The van der Waals surface area contributed by atoms with Gasteiger partial charge < -0.3 is 14.9 Å². The van der Waals surface area contributed by atoms with Gasteiger partial charge >= 0.3 is 12.0 Å². The third-order valence-corrected chi connectivity index (χ3v) is 2.27. The molecule has 0 aromatic heterocycles. The van der Waals surface area contributed by atoms with Crippen molar-refractivity contribution in [3.63, 3.8) is 0 Å². The average molecular weight is 202 g/mol. The Morgan fingerprint density at radius 1 is 1.29 bits per heavy atom. The predicted octanol–water partition coefficient (Wildman–Crippen LogP) is 0.853. The molecular formula is C9H18N2O3. The molecule has 1 atom stereocenters. The van der Waals surface area contributed by atoms with Gasteiger partial charge in [0.25, 0.3) is 0 Å². The third-order valence-electron chi connectivity index (χ3n) is 2.27. The molecule has 0 aliphatic heterocycles. The van der Waals surface area contributed by atoms with Gasteiger partial charge in [0.2, 0.25) is 0 Å². The first-order valence-corrected chi connectivity index (χ1v) is 4.70. The molecule has 0 aromatic rings. The summed E-state index contributed by atoms with van der Waals surface area (Å²) in [5.74, 6) is -0.993. The van der Waals surface area contributed by atoms with Gasteiger partial charge in [-0.05, 0) is 20.8 Å². The highest BCUT2D eigenvalue weighted by Crippen LogP contribution is 2.02. The largest absolute Gasteiger partial charge is 0.480 e. The summed E-state index contributed by atoms with van der Waals surface area (Å²) in [7, 11) is 1.50. The molecule has 0 spiro atoms. The van der Waals surface area contributed by atoms with Crippen LogP contribution in [-0.4, -0.2) is 53.1 Å². The maximum Gasteiger partial charge on any atom is 0.326 e. The van der Waals surface area contributed by atoms with E-state index in [9.17, 15) is 9.59 Å². The van der Waals surface area contributed by atoms with E-state index in [4.69, 9.17) is 5.11 Å². The lowest BCUT2D eigenvalue weighted by molar-refractivity contribution is -0.141. The van der Waals surface area contributed by atoms with Gasteiger partial charge in [0.05, 0.1) is 0 Å². The van der Waals surface area contributed by atoms with Crippen molar-refractivity contribution in [1.29, 1.82) is 0 Å². The van der Waals surface area contributed by atoms with Crippen LogP contribution in [0.3, 0.4) is 0 Å². The fourth-order valence-electron chi connectivity index (χ4n) is 1.05. The number of carbonyl (C=O) groups excluding carboxylic acids is 1. The van der Waals surface area contributed by atoms with E-state index >= 15 is 0 Å². The quantitative estimate of drug-likeness (QED) is 0.735. The molecule has 0 saturated carbocycles. The van der Waals surface area contributed by atoms with E-state index in [0.717, 1.165) is 0 Å². The van der Waals surface area contributed by atoms with E-state index < -0.39 is 12.0 Å². The van der Waals surface area contributed by atoms with Crippen LogP contribution in [0.2, 0.25) is 0 Å². The van der Waals surface area contributed by atoms with Crippen molar-refractivity contribution in [3.8, 4) is 0 Å². The minimum atomic E-state index is -0.993. The first kappa shape index (κ1) is 12.7. The van der Waals surface area contributed by atoms with E-state index in [2.05, 4.69) is 0 Å². The van der Waals surface area contributed by atoms with Gasteiger partial charge in [0, 0.05) is 20.1 Å². The number of hydrogen-bond acceptors (Lipinski definition) is 2. The van der Waals surface area contributed by atoms with Gasteiger partial charge in [0.1, 0.15) is 6.04 Å². The van der Waals surface area contributed by atoms with Crippen LogP contribution in [0.25, 0.3) is 0 Å². The molecule has 0 rings (SSSR count). The minimum absolute atomic E-state index is 0.245. The van der Waals surface area contributed by atoms with Crippen LogP contribution >= 0.6 is 0 Å². The molecule has 0 saturated heterocycles. The summed E-state index contributed by atoms with van der Waals surface area (Å²) < 4.78 is 0. The van der Waals surface area contributed by atoms with Crippen LogP contribution in [0.4, 0.5) is 4.79 Å². The zero-order chi connectivity index (χ0) is 11.3. The molecule has 2 amide bonds. The number of nitrogens with zero attached hydrogens (tertiary/aromatic N) is 2. The van der Waals surface area contributed by atoms with E-state index in [-0.39, 0.29) is 6.03 Å². The summed E-state index contributed by atoms with van der Waals surface area (Å²) in [6.45, 7) is 6.39. The zero-order valence-corrected chi connectivity index (χ0v) is 9.15. The van der Waals surface area contributed by atoms with Crippen molar-refractivity contribution in [2.24, 2.45) is 0 Å². The number of aliphatic carboxylic acids is 1. The molecule has 82 valence electrons. The van der Waals surface area contributed by atoms with Crippen LogP contribution in [0.1, 0.15) is 20.8 Å². The number of carboxylic acids is 1. The number of hydrogen-bond donors (Lipinski definition) is 1. The molecule has 0 fully saturated rings. The van der Waals surface area contributed by atoms with Crippen LogP contribution < -0.4 is 0 Å². The minimum Gasteiger partial charge on any atom is -0.480 e. The average Bonchev–Trinajstić information content (AvgIpc) is 2.17. The Bertz CT molecular complexity index is 214. The number of carbonyl (C=O) groups is 2. The normalized spacial score (nSPS) is 12.0. The molecule has 14 heavy (non-hydrogen) atoms. The number of amides is 2. The molecule has 0 bridgehead atoms. The smallest absolute Gasteiger partial charge is 0.326 e. The van der Waals surface area contributed by atoms with Crippen molar-refractivity contribution in [2.45, 2.75) is 26.8 Å². The predicted molar refractivity (Wildman–Crippen MR) is 53.2 cm³/mol. The summed E-state index contributed by atoms with van der Waals surface area (Å²) in [6.07, 6.45) is 0. The Kier molecular flexibility index (Phi) is 4.97. The van der Waals surface area contributed by atoms with E-state index in [0.29, 0.717) is 13.1 Å². The second kappa shape index (κ2) is 5.47. The summed E-state index contributed by atoms with van der Waals surface area (Å²) in [4.78, 5) is 25.1. The molecule has 0 aliphatic rings. The van der Waals surface area contributed by atoms with Crippen molar-refractivity contribution >= 4 is 12.0 Å². The van der Waals surface area contributed by atoms with Crippen LogP contribution in [0.5, 0.6) is 0 Å². The fraction of sp³-hybridized carbons (Fsp3) is 0.778. The summed E-state index contributed by atoms with van der Waals surface area (Å²) >= 11 is 0. The second-order valence-electron chi connectivity index (χ2n) is 3.08. The number of urea groups is 1. The Morgan fingerprint density at radius 2 is 1.71 bits per heavy atom. The van der Waals surface area contributed by atoms with Gasteiger partial charge in [-0.1, -0.05) is 0 Å². The van der Waals surface area contributed by atoms with E-state index in [1.54, 1.807) is 4.90 Å². The standard InChI is InChI=1S/C9H18N2O3/c1-5-11(6-2)9(14)10(4)7(3)8(12)13/h7H,5-6H2,1-4H3,(H,12,13).